The number of phenols is 1. The average molecular weight is 274 g/mol. The fraction of sp³-hybridized carbons (Fsp3) is 0.562. The van der Waals surface area contributed by atoms with E-state index in [2.05, 4.69) is 10.6 Å². The molecule has 2 amide bonds. The van der Waals surface area contributed by atoms with E-state index in [9.17, 15) is 9.90 Å². The molecular weight excluding hydrogens is 252 g/mol. The predicted molar refractivity (Wildman–Crippen MR) is 77.4 cm³/mol. The topological polar surface area (TPSA) is 61.4 Å². The second-order valence-corrected chi connectivity index (χ2v) is 6.28. The Morgan fingerprint density at radius 2 is 2.20 bits per heavy atom. The molecule has 0 aromatic heterocycles. The van der Waals surface area contributed by atoms with Gasteiger partial charge in [-0.3, -0.25) is 0 Å². The summed E-state index contributed by atoms with van der Waals surface area (Å²) < 4.78 is 0. The van der Waals surface area contributed by atoms with Crippen LogP contribution in [0.15, 0.2) is 24.3 Å². The molecule has 2 fully saturated rings. The van der Waals surface area contributed by atoms with Crippen molar-refractivity contribution >= 4 is 6.03 Å². The number of benzene rings is 1. The second-order valence-electron chi connectivity index (χ2n) is 6.28. The van der Waals surface area contributed by atoms with Crippen LogP contribution in [0.4, 0.5) is 4.79 Å². The Kier molecular flexibility index (Phi) is 3.32. The molecule has 2 saturated carbocycles. The minimum absolute atomic E-state index is 0.113. The van der Waals surface area contributed by atoms with E-state index in [1.807, 2.05) is 13.0 Å². The first-order chi connectivity index (χ1) is 9.59. The predicted octanol–water partition coefficient (Wildman–Crippen LogP) is 2.94. The summed E-state index contributed by atoms with van der Waals surface area (Å²) in [5.41, 5.74) is 1.33. The smallest absolute Gasteiger partial charge is 0.315 e. The Balaban J connectivity index is 1.48. The summed E-state index contributed by atoms with van der Waals surface area (Å²) in [6, 6.07) is 6.76. The number of nitrogens with one attached hydrogen (secondary N) is 2. The van der Waals surface area contributed by atoms with Gasteiger partial charge in [-0.05, 0) is 61.6 Å². The monoisotopic (exact) mass is 274 g/mol. The van der Waals surface area contributed by atoms with Gasteiger partial charge in [0.05, 0.1) is 6.04 Å². The van der Waals surface area contributed by atoms with Crippen LogP contribution in [0.3, 0.4) is 0 Å². The van der Waals surface area contributed by atoms with E-state index in [0.717, 1.165) is 18.0 Å². The van der Waals surface area contributed by atoms with Crippen LogP contribution in [-0.2, 0) is 0 Å². The normalized spacial score (nSPS) is 21.1. The van der Waals surface area contributed by atoms with Gasteiger partial charge >= 0.3 is 6.03 Å². The van der Waals surface area contributed by atoms with Crippen molar-refractivity contribution in [1.29, 1.82) is 0 Å². The summed E-state index contributed by atoms with van der Waals surface area (Å²) in [5.74, 6) is 1.08. The number of rotatable bonds is 5. The molecule has 20 heavy (non-hydrogen) atoms. The van der Waals surface area contributed by atoms with E-state index in [-0.39, 0.29) is 17.8 Å². The zero-order valence-corrected chi connectivity index (χ0v) is 11.9. The lowest BCUT2D eigenvalue weighted by Gasteiger charge is -2.18. The Morgan fingerprint density at radius 3 is 2.80 bits per heavy atom. The summed E-state index contributed by atoms with van der Waals surface area (Å²) in [6.45, 7) is 2.72. The van der Waals surface area contributed by atoms with Crippen LogP contribution in [0.25, 0.3) is 0 Å². The highest BCUT2D eigenvalue weighted by Gasteiger charge is 2.53. The molecule has 0 radical (unpaired) electrons. The zero-order chi connectivity index (χ0) is 14.2. The van der Waals surface area contributed by atoms with Crippen molar-refractivity contribution in [3.63, 3.8) is 0 Å². The van der Waals surface area contributed by atoms with Crippen molar-refractivity contribution in [3.8, 4) is 5.75 Å². The number of urea groups is 1. The van der Waals surface area contributed by atoms with Gasteiger partial charge in [-0.25, -0.2) is 4.79 Å². The van der Waals surface area contributed by atoms with Crippen LogP contribution in [0, 0.1) is 11.3 Å². The number of aromatic hydroxyl groups is 1. The standard InChI is InChI=1S/C16H22N2O2/c1-11(12-3-2-4-14(19)9-12)18-15(20)17-10-16(7-8-16)13-5-6-13/h2-4,9,11,13,19H,5-8,10H2,1H3,(H2,17,18,20)/t11-/m0/s1. The second kappa shape index (κ2) is 5.00. The minimum Gasteiger partial charge on any atom is -0.508 e. The number of hydrogen-bond acceptors (Lipinski definition) is 2. The Labute approximate surface area is 119 Å². The number of carbonyl (C=O) groups is 1. The van der Waals surface area contributed by atoms with Crippen LogP contribution in [0.5, 0.6) is 5.75 Å². The van der Waals surface area contributed by atoms with Crippen LogP contribution in [0.2, 0.25) is 0 Å². The van der Waals surface area contributed by atoms with Gasteiger partial charge in [0.1, 0.15) is 5.75 Å². The van der Waals surface area contributed by atoms with E-state index in [1.165, 1.54) is 25.7 Å². The molecule has 3 rings (SSSR count). The summed E-state index contributed by atoms with van der Waals surface area (Å²) in [5, 5.41) is 15.4. The third-order valence-electron chi connectivity index (χ3n) is 4.65. The van der Waals surface area contributed by atoms with Crippen LogP contribution in [0.1, 0.15) is 44.2 Å². The highest BCUT2D eigenvalue weighted by Crippen LogP contribution is 2.60. The van der Waals surface area contributed by atoms with E-state index in [0.29, 0.717) is 5.41 Å². The summed E-state index contributed by atoms with van der Waals surface area (Å²) in [4.78, 5) is 11.9. The summed E-state index contributed by atoms with van der Waals surface area (Å²) in [7, 11) is 0. The molecule has 0 unspecified atom stereocenters. The number of carbonyl (C=O) groups excluding carboxylic acids is 1. The van der Waals surface area contributed by atoms with E-state index < -0.39 is 0 Å². The van der Waals surface area contributed by atoms with Crippen molar-refractivity contribution < 1.29 is 9.90 Å². The Bertz CT molecular complexity index is 507. The molecule has 0 spiro atoms. The third-order valence-corrected chi connectivity index (χ3v) is 4.65. The molecule has 0 saturated heterocycles. The van der Waals surface area contributed by atoms with Crippen LogP contribution < -0.4 is 10.6 Å². The van der Waals surface area contributed by atoms with Gasteiger partial charge < -0.3 is 15.7 Å². The van der Waals surface area contributed by atoms with Crippen molar-refractivity contribution in [2.24, 2.45) is 11.3 Å². The lowest BCUT2D eigenvalue weighted by atomic mass is 10.0. The van der Waals surface area contributed by atoms with Crippen molar-refractivity contribution in [1.82, 2.24) is 10.6 Å². The van der Waals surface area contributed by atoms with Gasteiger partial charge in [0.25, 0.3) is 0 Å². The maximum atomic E-state index is 11.9. The lowest BCUT2D eigenvalue weighted by molar-refractivity contribution is 0.234. The van der Waals surface area contributed by atoms with E-state index in [1.54, 1.807) is 18.2 Å². The van der Waals surface area contributed by atoms with E-state index in [4.69, 9.17) is 0 Å². The van der Waals surface area contributed by atoms with Gasteiger partial charge in [-0.2, -0.15) is 0 Å². The first-order valence-corrected chi connectivity index (χ1v) is 7.42. The summed E-state index contributed by atoms with van der Waals surface area (Å²) >= 11 is 0. The fourth-order valence-corrected chi connectivity index (χ4v) is 2.97. The largest absolute Gasteiger partial charge is 0.508 e. The fourth-order valence-electron chi connectivity index (χ4n) is 2.97. The molecule has 0 heterocycles. The molecule has 108 valence electrons. The zero-order valence-electron chi connectivity index (χ0n) is 11.9. The number of hydrogen-bond donors (Lipinski definition) is 3. The molecule has 2 aliphatic carbocycles. The maximum absolute atomic E-state index is 11.9. The first kappa shape index (κ1) is 13.3. The molecular formula is C16H22N2O2. The minimum atomic E-state index is -0.118. The lowest BCUT2D eigenvalue weighted by Crippen LogP contribution is -2.40. The van der Waals surface area contributed by atoms with Crippen molar-refractivity contribution in [2.45, 2.75) is 38.6 Å². The van der Waals surface area contributed by atoms with E-state index >= 15 is 0 Å². The molecule has 0 bridgehead atoms. The quantitative estimate of drug-likeness (QED) is 0.773. The SMILES string of the molecule is C[C@H](NC(=O)NCC1(C2CC2)CC1)c1cccc(O)c1. The summed E-state index contributed by atoms with van der Waals surface area (Å²) in [6.07, 6.45) is 5.20. The molecule has 1 aromatic rings. The maximum Gasteiger partial charge on any atom is 0.315 e. The number of phenolic OH excluding ortho intramolecular Hbond substituents is 1. The van der Waals surface area contributed by atoms with Crippen molar-refractivity contribution in [2.75, 3.05) is 6.54 Å². The number of amides is 2. The molecule has 2 aliphatic rings. The van der Waals surface area contributed by atoms with Gasteiger partial charge in [0.15, 0.2) is 0 Å². The highest BCUT2D eigenvalue weighted by molar-refractivity contribution is 5.74. The van der Waals surface area contributed by atoms with Gasteiger partial charge in [0.2, 0.25) is 0 Å². The van der Waals surface area contributed by atoms with Crippen molar-refractivity contribution in [3.05, 3.63) is 29.8 Å². The van der Waals surface area contributed by atoms with Gasteiger partial charge in [-0.15, -0.1) is 0 Å². The van der Waals surface area contributed by atoms with Gasteiger partial charge in [0, 0.05) is 6.54 Å². The molecule has 1 aromatic carbocycles. The van der Waals surface area contributed by atoms with Crippen LogP contribution >= 0.6 is 0 Å². The first-order valence-electron chi connectivity index (χ1n) is 7.42. The third kappa shape index (κ3) is 2.89. The molecule has 4 nitrogen and oxygen atoms in total. The Hall–Kier alpha value is -1.71. The molecule has 3 N–H and O–H groups in total. The molecule has 4 heteroatoms. The molecule has 1 atom stereocenters. The molecule has 0 aliphatic heterocycles. The Morgan fingerprint density at radius 1 is 1.45 bits per heavy atom. The highest BCUT2D eigenvalue weighted by atomic mass is 16.3. The average Bonchev–Trinajstić information content (AvgIpc) is 3.27. The van der Waals surface area contributed by atoms with Gasteiger partial charge in [-0.1, -0.05) is 12.1 Å². The van der Waals surface area contributed by atoms with Crippen LogP contribution in [-0.4, -0.2) is 17.7 Å².